The second-order valence-corrected chi connectivity index (χ2v) is 5.98. The zero-order chi connectivity index (χ0) is 16.5. The van der Waals surface area contributed by atoms with E-state index in [1.54, 1.807) is 0 Å². The number of carboxylic acids is 1. The molecule has 2 N–H and O–H groups in total. The lowest BCUT2D eigenvalue weighted by Crippen LogP contribution is -2.06. The first-order chi connectivity index (χ1) is 10.7. The van der Waals surface area contributed by atoms with Crippen LogP contribution in [0.4, 0.5) is 0 Å². The number of hydrogen-bond acceptors (Lipinski definition) is 3. The lowest BCUT2D eigenvalue weighted by atomic mass is 10.0. The van der Waals surface area contributed by atoms with Crippen molar-refractivity contribution in [3.8, 4) is 0 Å². The zero-order valence-corrected chi connectivity index (χ0v) is 14.1. The highest BCUT2D eigenvalue weighted by Gasteiger charge is 2.03. The topological polar surface area (TPSA) is 66.8 Å². The van der Waals surface area contributed by atoms with Crippen LogP contribution in [0.5, 0.6) is 0 Å². The Morgan fingerprint density at radius 2 is 1.59 bits per heavy atom. The molecular weight excluding hydrogens is 280 g/mol. The monoisotopic (exact) mass is 314 g/mol. The highest BCUT2D eigenvalue weighted by molar-refractivity contribution is 5.66. The number of unbranched alkanes of at least 4 members (excludes halogenated alkanes) is 9. The smallest absolute Gasteiger partial charge is 0.303 e. The Bertz CT molecular complexity index is 276. The van der Waals surface area contributed by atoms with Gasteiger partial charge in [-0.2, -0.15) is 0 Å². The Morgan fingerprint density at radius 1 is 1.00 bits per heavy atom. The van der Waals surface area contributed by atoms with E-state index in [0.29, 0.717) is 6.42 Å². The summed E-state index contributed by atoms with van der Waals surface area (Å²) in [6, 6.07) is 0. The van der Waals surface area contributed by atoms with Crippen molar-refractivity contribution in [2.45, 2.75) is 96.5 Å². The number of rotatable bonds is 16. The summed E-state index contributed by atoms with van der Waals surface area (Å²) in [7, 11) is 0. The van der Waals surface area contributed by atoms with Crippen LogP contribution in [0.1, 0.15) is 90.4 Å². The van der Waals surface area contributed by atoms with Crippen LogP contribution in [0, 0.1) is 0 Å². The predicted octanol–water partition coefficient (Wildman–Crippen LogP) is 5.58. The normalized spacial score (nSPS) is 12.8. The summed E-state index contributed by atoms with van der Waals surface area (Å²) >= 11 is 0. The summed E-state index contributed by atoms with van der Waals surface area (Å²) < 4.78 is 0. The maximum absolute atomic E-state index is 10.4. The Balaban J connectivity index is 3.36. The number of aliphatic carboxylic acids is 1. The number of allylic oxidation sites excluding steroid dienone is 1. The molecule has 4 heteroatoms. The van der Waals surface area contributed by atoms with Crippen molar-refractivity contribution in [2.75, 3.05) is 0 Å². The van der Waals surface area contributed by atoms with E-state index in [4.69, 9.17) is 10.4 Å². The molecule has 1 atom stereocenters. The van der Waals surface area contributed by atoms with Crippen molar-refractivity contribution in [2.24, 2.45) is 0 Å². The summed E-state index contributed by atoms with van der Waals surface area (Å²) in [6.07, 6.45) is 17.3. The van der Waals surface area contributed by atoms with Crippen molar-refractivity contribution in [1.82, 2.24) is 0 Å². The lowest BCUT2D eigenvalue weighted by molar-refractivity contribution is -0.267. The largest absolute Gasteiger partial charge is 0.481 e. The minimum atomic E-state index is -0.690. The Labute approximate surface area is 135 Å². The van der Waals surface area contributed by atoms with Gasteiger partial charge in [-0.05, 0) is 19.3 Å². The SMILES string of the molecule is CCCC/C=C\[C@@H](CCCCCCCCCCC(=O)O)OO. The van der Waals surface area contributed by atoms with Crippen LogP contribution in [0.2, 0.25) is 0 Å². The summed E-state index contributed by atoms with van der Waals surface area (Å²) in [4.78, 5) is 14.8. The van der Waals surface area contributed by atoms with E-state index >= 15 is 0 Å². The molecule has 0 amide bonds. The molecule has 0 aromatic carbocycles. The van der Waals surface area contributed by atoms with Crippen molar-refractivity contribution in [3.63, 3.8) is 0 Å². The van der Waals surface area contributed by atoms with Crippen LogP contribution in [-0.2, 0) is 9.68 Å². The fourth-order valence-electron chi connectivity index (χ4n) is 2.44. The van der Waals surface area contributed by atoms with E-state index in [1.807, 2.05) is 6.08 Å². The predicted molar refractivity (Wildman–Crippen MR) is 90.0 cm³/mol. The number of carboxylic acid groups (broad SMARTS) is 1. The molecule has 0 unspecified atom stereocenters. The standard InChI is InChI=1S/C18H34O4/c1-2-3-4-11-14-17(22-21)15-12-9-7-5-6-8-10-13-16-18(19)20/h11,14,17,21H,2-10,12-13,15-16H2,1H3,(H,19,20)/b14-11-/t17-/m0/s1. The third kappa shape index (κ3) is 15.5. The molecule has 0 radical (unpaired) electrons. The maximum Gasteiger partial charge on any atom is 0.303 e. The van der Waals surface area contributed by atoms with Gasteiger partial charge in [0.1, 0.15) is 6.10 Å². The van der Waals surface area contributed by atoms with E-state index in [0.717, 1.165) is 44.9 Å². The minimum Gasteiger partial charge on any atom is -0.481 e. The fourth-order valence-corrected chi connectivity index (χ4v) is 2.44. The first-order valence-electron chi connectivity index (χ1n) is 8.89. The van der Waals surface area contributed by atoms with Gasteiger partial charge in [0.05, 0.1) is 0 Å². The molecule has 0 aliphatic carbocycles. The maximum atomic E-state index is 10.4. The van der Waals surface area contributed by atoms with Gasteiger partial charge in [0.25, 0.3) is 0 Å². The van der Waals surface area contributed by atoms with Crippen molar-refractivity contribution < 1.29 is 20.0 Å². The van der Waals surface area contributed by atoms with E-state index in [1.165, 1.54) is 32.1 Å². The van der Waals surface area contributed by atoms with Gasteiger partial charge in [0.15, 0.2) is 0 Å². The van der Waals surface area contributed by atoms with Gasteiger partial charge < -0.3 is 5.11 Å². The van der Waals surface area contributed by atoms with Crippen molar-refractivity contribution in [1.29, 1.82) is 0 Å². The Hall–Kier alpha value is -0.870. The van der Waals surface area contributed by atoms with E-state index in [-0.39, 0.29) is 6.10 Å². The lowest BCUT2D eigenvalue weighted by Gasteiger charge is -2.08. The molecule has 0 aromatic rings. The molecular formula is C18H34O4. The Kier molecular flexibility index (Phi) is 15.8. The Morgan fingerprint density at radius 3 is 2.14 bits per heavy atom. The van der Waals surface area contributed by atoms with Crippen LogP contribution in [-0.4, -0.2) is 22.4 Å². The average Bonchev–Trinajstić information content (AvgIpc) is 2.50. The molecule has 0 saturated carbocycles. The molecule has 0 aliphatic heterocycles. The number of hydrogen-bond donors (Lipinski definition) is 2. The molecule has 4 nitrogen and oxygen atoms in total. The molecule has 130 valence electrons. The molecule has 0 saturated heterocycles. The minimum absolute atomic E-state index is 0.159. The van der Waals surface area contributed by atoms with E-state index in [9.17, 15) is 4.79 Å². The van der Waals surface area contributed by atoms with Gasteiger partial charge in [-0.15, -0.1) is 0 Å². The molecule has 0 aliphatic rings. The first-order valence-corrected chi connectivity index (χ1v) is 8.89. The molecule has 0 rings (SSSR count). The van der Waals surface area contributed by atoms with Crippen LogP contribution < -0.4 is 0 Å². The highest BCUT2D eigenvalue weighted by atomic mass is 17.1. The third-order valence-corrected chi connectivity index (χ3v) is 3.84. The second-order valence-electron chi connectivity index (χ2n) is 5.98. The summed E-state index contributed by atoms with van der Waals surface area (Å²) in [5.74, 6) is -0.690. The van der Waals surface area contributed by atoms with Crippen molar-refractivity contribution in [3.05, 3.63) is 12.2 Å². The van der Waals surface area contributed by atoms with Gasteiger partial charge in [-0.3, -0.25) is 10.1 Å². The van der Waals surface area contributed by atoms with E-state index in [2.05, 4.69) is 17.9 Å². The van der Waals surface area contributed by atoms with Crippen LogP contribution in [0.3, 0.4) is 0 Å². The number of carbonyl (C=O) groups is 1. The van der Waals surface area contributed by atoms with E-state index < -0.39 is 5.97 Å². The highest BCUT2D eigenvalue weighted by Crippen LogP contribution is 2.13. The summed E-state index contributed by atoms with van der Waals surface area (Å²) in [5, 5.41) is 17.4. The van der Waals surface area contributed by atoms with Crippen LogP contribution >= 0.6 is 0 Å². The van der Waals surface area contributed by atoms with Crippen LogP contribution in [0.15, 0.2) is 12.2 Å². The molecule has 0 fully saturated rings. The zero-order valence-electron chi connectivity index (χ0n) is 14.1. The van der Waals surface area contributed by atoms with Gasteiger partial charge in [0, 0.05) is 6.42 Å². The van der Waals surface area contributed by atoms with Crippen LogP contribution in [0.25, 0.3) is 0 Å². The summed E-state index contributed by atoms with van der Waals surface area (Å²) in [5.41, 5.74) is 0. The molecule has 0 spiro atoms. The molecule has 22 heavy (non-hydrogen) atoms. The quantitative estimate of drug-likeness (QED) is 0.169. The second kappa shape index (κ2) is 16.5. The van der Waals surface area contributed by atoms with Gasteiger partial charge >= 0.3 is 5.97 Å². The third-order valence-electron chi connectivity index (χ3n) is 3.84. The fraction of sp³-hybridized carbons (Fsp3) is 0.833. The van der Waals surface area contributed by atoms with Crippen molar-refractivity contribution >= 4 is 5.97 Å². The summed E-state index contributed by atoms with van der Waals surface area (Å²) in [6.45, 7) is 2.17. The van der Waals surface area contributed by atoms with Gasteiger partial charge in [-0.1, -0.05) is 76.9 Å². The first kappa shape index (κ1) is 21.1. The molecule has 0 bridgehead atoms. The molecule has 0 aromatic heterocycles. The van der Waals surface area contributed by atoms with Gasteiger partial charge in [-0.25, -0.2) is 4.89 Å². The van der Waals surface area contributed by atoms with Gasteiger partial charge in [0.2, 0.25) is 0 Å². The molecule has 0 heterocycles. The average molecular weight is 314 g/mol.